The van der Waals surface area contributed by atoms with Crippen LogP contribution in [0, 0.1) is 0 Å². The molecule has 13 heteroatoms. The highest BCUT2D eigenvalue weighted by Gasteiger charge is 2.40. The molecule has 0 spiro atoms. The summed E-state index contributed by atoms with van der Waals surface area (Å²) in [4.78, 5) is 15.3. The predicted octanol–water partition coefficient (Wildman–Crippen LogP) is 5.38. The van der Waals surface area contributed by atoms with Gasteiger partial charge in [-0.2, -0.15) is 39.5 Å². The zero-order valence-corrected chi connectivity index (χ0v) is 14.0. The smallest absolute Gasteiger partial charge is 0.325 e. The Bertz CT molecular complexity index is 985. The van der Waals surface area contributed by atoms with Crippen molar-refractivity contribution >= 4 is 11.6 Å². The van der Waals surface area contributed by atoms with Crippen LogP contribution >= 0.6 is 0 Å². The van der Waals surface area contributed by atoms with E-state index in [2.05, 4.69) is 4.98 Å². The molecule has 1 fully saturated rings. The summed E-state index contributed by atoms with van der Waals surface area (Å²) in [5.41, 5.74) is -7.10. The Balaban J connectivity index is 2.15. The van der Waals surface area contributed by atoms with Crippen molar-refractivity contribution in [3.8, 4) is 0 Å². The van der Waals surface area contributed by atoms with Crippen molar-refractivity contribution < 1.29 is 39.5 Å². The third-order valence-corrected chi connectivity index (χ3v) is 4.05. The molecule has 158 valence electrons. The first-order chi connectivity index (χ1) is 13.2. The van der Waals surface area contributed by atoms with E-state index in [0.29, 0.717) is 25.0 Å². The Hall–Kier alpha value is -2.73. The van der Waals surface area contributed by atoms with Gasteiger partial charge >= 0.3 is 18.5 Å². The molecule has 1 aliphatic carbocycles. The lowest BCUT2D eigenvalue weighted by molar-refractivity contribution is -0.143. The zero-order chi connectivity index (χ0) is 21.8. The molecule has 0 radical (unpaired) electrons. The Morgan fingerprint density at radius 3 is 2.00 bits per heavy atom. The highest BCUT2D eigenvalue weighted by Crippen LogP contribution is 2.41. The van der Waals surface area contributed by atoms with Crippen LogP contribution in [-0.2, 0) is 18.5 Å². The van der Waals surface area contributed by atoms with Crippen molar-refractivity contribution in [3.05, 3.63) is 51.4 Å². The molecule has 3 rings (SSSR count). The van der Waals surface area contributed by atoms with Gasteiger partial charge in [0.2, 0.25) is 5.95 Å². The summed E-state index contributed by atoms with van der Waals surface area (Å²) >= 11 is 0. The van der Waals surface area contributed by atoms with Crippen LogP contribution in [0.25, 0.3) is 0 Å². The highest BCUT2D eigenvalue weighted by molar-refractivity contribution is 5.61. The summed E-state index contributed by atoms with van der Waals surface area (Å²) < 4.78 is 118. The number of aromatic nitrogens is 2. The van der Waals surface area contributed by atoms with Crippen LogP contribution in [0.2, 0.25) is 0 Å². The fraction of sp³-hybridized carbons (Fsp3) is 0.375. The Kier molecular flexibility index (Phi) is 4.82. The number of hydrogen-bond donors (Lipinski definition) is 1. The second kappa shape index (κ2) is 6.66. The molecule has 0 bridgehead atoms. The van der Waals surface area contributed by atoms with Gasteiger partial charge < -0.3 is 5.32 Å². The number of benzene rings is 1. The molecule has 4 nitrogen and oxygen atoms in total. The van der Waals surface area contributed by atoms with E-state index in [-0.39, 0.29) is 12.1 Å². The van der Waals surface area contributed by atoms with Gasteiger partial charge in [-0.05, 0) is 31.0 Å². The van der Waals surface area contributed by atoms with Crippen molar-refractivity contribution in [1.29, 1.82) is 0 Å². The van der Waals surface area contributed by atoms with E-state index in [9.17, 15) is 44.3 Å². The molecule has 1 aromatic heterocycles. The molecule has 0 aliphatic heterocycles. The summed E-state index contributed by atoms with van der Waals surface area (Å²) in [5.74, 6) is -0.836. The standard InChI is InChI=1S/C16H10F9N3O/c17-14(18,19)7-1-4-10(9(5-7)15(20,21)22)26-13-27-11(16(23,24)25)6-12(29)28(13)8-2-3-8/h1,4-6,8H,2-3H2,(H,26,27). The van der Waals surface area contributed by atoms with E-state index < -0.39 is 58.6 Å². The second-order valence-electron chi connectivity index (χ2n) is 6.28. The fourth-order valence-electron chi connectivity index (χ4n) is 2.59. The molecule has 0 atom stereocenters. The second-order valence-corrected chi connectivity index (χ2v) is 6.28. The van der Waals surface area contributed by atoms with Gasteiger partial charge in [0, 0.05) is 12.1 Å². The maximum atomic E-state index is 13.3. The van der Waals surface area contributed by atoms with Gasteiger partial charge in [0.15, 0.2) is 5.69 Å². The van der Waals surface area contributed by atoms with Crippen LogP contribution in [0.1, 0.15) is 35.7 Å². The van der Waals surface area contributed by atoms with Crippen LogP contribution < -0.4 is 10.9 Å². The number of nitrogens with one attached hydrogen (secondary N) is 1. The van der Waals surface area contributed by atoms with Gasteiger partial charge in [-0.25, -0.2) is 4.98 Å². The molecule has 1 aliphatic rings. The maximum Gasteiger partial charge on any atom is 0.433 e. The fourth-order valence-corrected chi connectivity index (χ4v) is 2.59. The van der Waals surface area contributed by atoms with E-state index in [1.807, 2.05) is 5.32 Å². The normalized spacial score (nSPS) is 15.5. The van der Waals surface area contributed by atoms with Gasteiger partial charge in [0.05, 0.1) is 16.8 Å². The van der Waals surface area contributed by atoms with E-state index in [0.717, 1.165) is 4.57 Å². The molecular formula is C16H10F9N3O. The van der Waals surface area contributed by atoms with E-state index in [1.165, 1.54) is 0 Å². The molecule has 29 heavy (non-hydrogen) atoms. The lowest BCUT2D eigenvalue weighted by Gasteiger charge is -2.19. The third kappa shape index (κ3) is 4.48. The van der Waals surface area contributed by atoms with Gasteiger partial charge in [0.1, 0.15) is 0 Å². The van der Waals surface area contributed by atoms with Crippen LogP contribution in [-0.4, -0.2) is 9.55 Å². The van der Waals surface area contributed by atoms with Crippen molar-refractivity contribution in [2.45, 2.75) is 37.4 Å². The summed E-state index contributed by atoms with van der Waals surface area (Å²) in [6, 6.07) is 0.236. The number of alkyl halides is 9. The van der Waals surface area contributed by atoms with Gasteiger partial charge in [-0.15, -0.1) is 0 Å². The van der Waals surface area contributed by atoms with Crippen molar-refractivity contribution in [2.24, 2.45) is 0 Å². The van der Waals surface area contributed by atoms with Gasteiger partial charge in [0.25, 0.3) is 5.56 Å². The third-order valence-electron chi connectivity index (χ3n) is 4.05. The average Bonchev–Trinajstić information content (AvgIpc) is 3.36. The maximum absolute atomic E-state index is 13.3. The number of rotatable bonds is 3. The quantitative estimate of drug-likeness (QED) is 0.665. The molecule has 1 heterocycles. The Morgan fingerprint density at radius 1 is 0.897 bits per heavy atom. The van der Waals surface area contributed by atoms with Crippen molar-refractivity contribution in [2.75, 3.05) is 5.32 Å². The molecule has 0 amide bonds. The molecular weight excluding hydrogens is 421 g/mol. The van der Waals surface area contributed by atoms with Crippen molar-refractivity contribution in [1.82, 2.24) is 9.55 Å². The van der Waals surface area contributed by atoms with E-state index >= 15 is 0 Å². The summed E-state index contributed by atoms with van der Waals surface area (Å²) in [6.07, 6.45) is -14.6. The lowest BCUT2D eigenvalue weighted by Crippen LogP contribution is -2.26. The van der Waals surface area contributed by atoms with Gasteiger partial charge in [-0.3, -0.25) is 9.36 Å². The number of anilines is 2. The minimum Gasteiger partial charge on any atom is -0.325 e. The van der Waals surface area contributed by atoms with E-state index in [4.69, 9.17) is 0 Å². The van der Waals surface area contributed by atoms with E-state index in [1.54, 1.807) is 0 Å². The SMILES string of the molecule is O=c1cc(C(F)(F)F)nc(Nc2ccc(C(F)(F)F)cc2C(F)(F)F)n1C1CC1. The van der Waals surface area contributed by atoms with Crippen LogP contribution in [0.15, 0.2) is 29.1 Å². The lowest BCUT2D eigenvalue weighted by atomic mass is 10.1. The largest absolute Gasteiger partial charge is 0.433 e. The number of nitrogens with zero attached hydrogens (tertiary/aromatic N) is 2. The first-order valence-electron chi connectivity index (χ1n) is 7.94. The van der Waals surface area contributed by atoms with Crippen LogP contribution in [0.4, 0.5) is 51.1 Å². The number of halogens is 9. The van der Waals surface area contributed by atoms with Crippen LogP contribution in [0.3, 0.4) is 0 Å². The molecule has 1 N–H and O–H groups in total. The Labute approximate surface area is 156 Å². The minimum atomic E-state index is -5.25. The molecule has 0 saturated heterocycles. The zero-order valence-electron chi connectivity index (χ0n) is 14.0. The summed E-state index contributed by atoms with van der Waals surface area (Å²) in [6.45, 7) is 0. The van der Waals surface area contributed by atoms with Crippen LogP contribution in [0.5, 0.6) is 0 Å². The minimum absolute atomic E-state index is 0.171. The number of hydrogen-bond acceptors (Lipinski definition) is 3. The average molecular weight is 431 g/mol. The first-order valence-corrected chi connectivity index (χ1v) is 7.94. The molecule has 1 aromatic carbocycles. The monoisotopic (exact) mass is 431 g/mol. The van der Waals surface area contributed by atoms with Gasteiger partial charge in [-0.1, -0.05) is 0 Å². The molecule has 2 aromatic rings. The molecule has 0 unspecified atom stereocenters. The highest BCUT2D eigenvalue weighted by atomic mass is 19.4. The predicted molar refractivity (Wildman–Crippen MR) is 81.5 cm³/mol. The first kappa shape index (κ1) is 21.0. The summed E-state index contributed by atoms with van der Waals surface area (Å²) in [5, 5.41) is 1.97. The summed E-state index contributed by atoms with van der Waals surface area (Å²) in [7, 11) is 0. The topological polar surface area (TPSA) is 46.9 Å². The van der Waals surface area contributed by atoms with Crippen molar-refractivity contribution in [3.63, 3.8) is 0 Å². The molecule has 1 saturated carbocycles. The Morgan fingerprint density at radius 2 is 1.52 bits per heavy atom.